The number of halogens is 1. The fraction of sp³-hybridized carbons (Fsp3) is 0.417. The number of nitrogens with one attached hydrogen (secondary N) is 2. The topological polar surface area (TPSA) is 41.1 Å². The number of hydrogen-bond acceptors (Lipinski definition) is 2. The van der Waals surface area contributed by atoms with Crippen LogP contribution in [0.1, 0.15) is 19.8 Å². The molecular formula is C12H13ClN2O. The summed E-state index contributed by atoms with van der Waals surface area (Å²) in [5, 5.41) is 6.82. The van der Waals surface area contributed by atoms with Gasteiger partial charge in [0.05, 0.1) is 16.4 Å². The van der Waals surface area contributed by atoms with Crippen molar-refractivity contribution in [1.82, 2.24) is 0 Å². The predicted molar refractivity (Wildman–Crippen MR) is 64.8 cm³/mol. The van der Waals surface area contributed by atoms with Gasteiger partial charge in [0.25, 0.3) is 0 Å². The number of fused-ring (bicyclic) bond motifs is 1. The molecule has 1 aromatic rings. The van der Waals surface area contributed by atoms with Crippen LogP contribution >= 0.6 is 11.6 Å². The second kappa shape index (κ2) is 3.14. The number of rotatable bonds is 1. The van der Waals surface area contributed by atoms with Crippen molar-refractivity contribution in [2.24, 2.45) is 5.92 Å². The number of amides is 1. The van der Waals surface area contributed by atoms with Gasteiger partial charge in [0, 0.05) is 0 Å². The molecule has 0 bridgehead atoms. The molecule has 0 radical (unpaired) electrons. The highest BCUT2D eigenvalue weighted by molar-refractivity contribution is 6.35. The first kappa shape index (κ1) is 9.97. The van der Waals surface area contributed by atoms with Gasteiger partial charge in [-0.05, 0) is 37.8 Å². The van der Waals surface area contributed by atoms with E-state index in [9.17, 15) is 4.79 Å². The average molecular weight is 237 g/mol. The van der Waals surface area contributed by atoms with E-state index < -0.39 is 5.54 Å². The van der Waals surface area contributed by atoms with E-state index in [-0.39, 0.29) is 5.91 Å². The number of hydrogen-bond donors (Lipinski definition) is 2. The molecule has 1 aromatic carbocycles. The maximum absolute atomic E-state index is 12.1. The second-order valence-corrected chi connectivity index (χ2v) is 5.13. The third-order valence-electron chi connectivity index (χ3n) is 3.51. The molecule has 2 N–H and O–H groups in total. The van der Waals surface area contributed by atoms with E-state index in [1.807, 2.05) is 19.1 Å². The summed E-state index contributed by atoms with van der Waals surface area (Å²) < 4.78 is 0. The lowest BCUT2D eigenvalue weighted by Gasteiger charge is -2.36. The summed E-state index contributed by atoms with van der Waals surface area (Å²) in [6.45, 7) is 1.96. The molecule has 1 atom stereocenters. The normalized spacial score (nSPS) is 28.0. The molecule has 0 saturated heterocycles. The van der Waals surface area contributed by atoms with Crippen LogP contribution in [0.4, 0.5) is 11.4 Å². The van der Waals surface area contributed by atoms with Crippen LogP contribution in [0.25, 0.3) is 0 Å². The Morgan fingerprint density at radius 2 is 2.19 bits per heavy atom. The van der Waals surface area contributed by atoms with Crippen LogP contribution < -0.4 is 10.6 Å². The van der Waals surface area contributed by atoms with Crippen molar-refractivity contribution in [1.29, 1.82) is 0 Å². The molecule has 1 aliphatic carbocycles. The van der Waals surface area contributed by atoms with Gasteiger partial charge in [0.1, 0.15) is 5.54 Å². The van der Waals surface area contributed by atoms with Gasteiger partial charge in [-0.2, -0.15) is 0 Å². The second-order valence-electron chi connectivity index (χ2n) is 4.72. The summed E-state index contributed by atoms with van der Waals surface area (Å²) in [6, 6.07) is 5.61. The minimum Gasteiger partial charge on any atom is -0.369 e. The lowest BCUT2D eigenvalue weighted by molar-refractivity contribution is -0.120. The fourth-order valence-corrected chi connectivity index (χ4v) is 2.51. The highest BCUT2D eigenvalue weighted by Gasteiger charge is 2.49. The van der Waals surface area contributed by atoms with Crippen molar-refractivity contribution in [2.45, 2.75) is 25.3 Å². The lowest BCUT2D eigenvalue weighted by Crippen LogP contribution is -2.51. The Morgan fingerprint density at radius 3 is 2.88 bits per heavy atom. The number of anilines is 2. The van der Waals surface area contributed by atoms with Gasteiger partial charge in [-0.3, -0.25) is 4.79 Å². The monoisotopic (exact) mass is 236 g/mol. The smallest absolute Gasteiger partial charge is 0.250 e. The Bertz CT molecular complexity index is 470. The molecule has 16 heavy (non-hydrogen) atoms. The van der Waals surface area contributed by atoms with E-state index in [1.54, 1.807) is 6.07 Å². The number of para-hydroxylation sites is 1. The predicted octanol–water partition coefficient (Wildman–Crippen LogP) is 2.87. The number of carbonyl (C=O) groups is 1. The third kappa shape index (κ3) is 1.31. The first-order valence-electron chi connectivity index (χ1n) is 5.49. The van der Waals surface area contributed by atoms with Gasteiger partial charge >= 0.3 is 0 Å². The minimum atomic E-state index is -0.475. The molecule has 0 aromatic heterocycles. The van der Waals surface area contributed by atoms with Gasteiger partial charge in [0.2, 0.25) is 5.91 Å². The third-order valence-corrected chi connectivity index (χ3v) is 3.83. The zero-order valence-electron chi connectivity index (χ0n) is 9.01. The number of carbonyl (C=O) groups excluding carboxylic acids is 1. The van der Waals surface area contributed by atoms with Crippen molar-refractivity contribution >= 4 is 28.9 Å². The van der Waals surface area contributed by atoms with Gasteiger partial charge in [-0.1, -0.05) is 17.7 Å². The van der Waals surface area contributed by atoms with E-state index in [1.165, 1.54) is 0 Å². The van der Waals surface area contributed by atoms with Gasteiger partial charge in [0.15, 0.2) is 0 Å². The number of benzene rings is 1. The molecular weight excluding hydrogens is 224 g/mol. The van der Waals surface area contributed by atoms with Crippen LogP contribution in [0.3, 0.4) is 0 Å². The van der Waals surface area contributed by atoms with E-state index >= 15 is 0 Å². The first-order chi connectivity index (χ1) is 7.61. The molecule has 4 heteroatoms. The Labute approximate surface area is 99.2 Å². The van der Waals surface area contributed by atoms with Crippen LogP contribution in [0.15, 0.2) is 18.2 Å². The quantitative estimate of drug-likeness (QED) is 0.787. The summed E-state index contributed by atoms with van der Waals surface area (Å²) in [5.41, 5.74) is 1.14. The molecule has 1 saturated carbocycles. The Balaban J connectivity index is 2.04. The van der Waals surface area contributed by atoms with Crippen LogP contribution in [-0.2, 0) is 4.79 Å². The largest absolute Gasteiger partial charge is 0.369 e. The summed E-state index contributed by atoms with van der Waals surface area (Å²) in [5.74, 6) is 0.468. The molecule has 1 heterocycles. The molecule has 84 valence electrons. The molecule has 0 spiro atoms. The Hall–Kier alpha value is -1.22. The zero-order chi connectivity index (χ0) is 11.3. The van der Waals surface area contributed by atoms with Gasteiger partial charge in [-0.15, -0.1) is 0 Å². The van der Waals surface area contributed by atoms with Crippen molar-refractivity contribution in [3.63, 3.8) is 0 Å². The average Bonchev–Trinajstić information content (AvgIpc) is 3.05. The highest BCUT2D eigenvalue weighted by Crippen LogP contribution is 2.46. The van der Waals surface area contributed by atoms with E-state index in [0.29, 0.717) is 16.6 Å². The highest BCUT2D eigenvalue weighted by atomic mass is 35.5. The maximum Gasteiger partial charge on any atom is 0.250 e. The molecule has 1 fully saturated rings. The van der Waals surface area contributed by atoms with Crippen molar-refractivity contribution in [2.75, 3.05) is 10.6 Å². The minimum absolute atomic E-state index is 0.0237. The molecule has 1 amide bonds. The summed E-state index contributed by atoms with van der Waals surface area (Å²) in [6.07, 6.45) is 2.24. The van der Waals surface area contributed by atoms with Crippen molar-refractivity contribution in [3.8, 4) is 0 Å². The molecule has 3 nitrogen and oxygen atoms in total. The summed E-state index contributed by atoms with van der Waals surface area (Å²) >= 11 is 6.04. The standard InChI is InChI=1S/C12H13ClN2O/c1-12(7-5-6-7)11(16)14-10-8(13)3-2-4-9(10)15-12/h2-4,7,15H,5-6H2,1H3,(H,14,16). The Kier molecular flexibility index (Phi) is 1.96. The SMILES string of the molecule is CC1(C2CC2)Nc2cccc(Cl)c2NC1=O. The van der Waals surface area contributed by atoms with Crippen LogP contribution in [0.5, 0.6) is 0 Å². The molecule has 3 rings (SSSR count). The molecule has 1 aliphatic heterocycles. The lowest BCUT2D eigenvalue weighted by atomic mass is 9.91. The van der Waals surface area contributed by atoms with Crippen LogP contribution in [0.2, 0.25) is 5.02 Å². The van der Waals surface area contributed by atoms with Crippen molar-refractivity contribution < 1.29 is 4.79 Å². The van der Waals surface area contributed by atoms with Crippen LogP contribution in [0, 0.1) is 5.92 Å². The fourth-order valence-electron chi connectivity index (χ4n) is 2.28. The zero-order valence-corrected chi connectivity index (χ0v) is 9.77. The van der Waals surface area contributed by atoms with Gasteiger partial charge < -0.3 is 10.6 Å². The van der Waals surface area contributed by atoms with Gasteiger partial charge in [-0.25, -0.2) is 0 Å². The Morgan fingerprint density at radius 1 is 1.44 bits per heavy atom. The maximum atomic E-state index is 12.1. The summed E-state index contributed by atoms with van der Waals surface area (Å²) in [7, 11) is 0. The van der Waals surface area contributed by atoms with Crippen LogP contribution in [-0.4, -0.2) is 11.4 Å². The van der Waals surface area contributed by atoms with E-state index in [2.05, 4.69) is 10.6 Å². The van der Waals surface area contributed by atoms with E-state index in [0.717, 1.165) is 18.5 Å². The van der Waals surface area contributed by atoms with E-state index in [4.69, 9.17) is 11.6 Å². The molecule has 1 unspecified atom stereocenters. The molecule has 2 aliphatic rings. The summed E-state index contributed by atoms with van der Waals surface area (Å²) in [4.78, 5) is 12.1. The first-order valence-corrected chi connectivity index (χ1v) is 5.87. The van der Waals surface area contributed by atoms with Crippen molar-refractivity contribution in [3.05, 3.63) is 23.2 Å².